The third-order valence-corrected chi connectivity index (χ3v) is 3.00. The van der Waals surface area contributed by atoms with Gasteiger partial charge in [-0.15, -0.1) is 0 Å². The summed E-state index contributed by atoms with van der Waals surface area (Å²) in [6.45, 7) is 3.12. The van der Waals surface area contributed by atoms with Gasteiger partial charge in [-0.1, -0.05) is 40.2 Å². The Balaban J connectivity index is 2.37. The highest BCUT2D eigenvalue weighted by Gasteiger charge is 2.06. The number of hydrogen-bond donors (Lipinski definition) is 0. The molecule has 0 unspecified atom stereocenters. The minimum absolute atomic E-state index is 0.959. The largest absolute Gasteiger partial charge is 0.342 e. The van der Waals surface area contributed by atoms with Gasteiger partial charge in [-0.05, 0) is 37.3 Å². The number of rotatable bonds is 3. The second-order valence-corrected chi connectivity index (χ2v) is 4.48. The van der Waals surface area contributed by atoms with Crippen molar-refractivity contribution < 1.29 is 0 Å². The van der Waals surface area contributed by atoms with E-state index in [1.54, 1.807) is 0 Å². The molecule has 82 valence electrons. The zero-order chi connectivity index (χ0) is 11.4. The minimum Gasteiger partial charge on any atom is -0.342 e. The fourth-order valence-corrected chi connectivity index (χ4v) is 2.15. The van der Waals surface area contributed by atoms with Crippen molar-refractivity contribution in [3.63, 3.8) is 0 Å². The topological polar surface area (TPSA) is 3.24 Å². The lowest BCUT2D eigenvalue weighted by Gasteiger charge is -2.23. The normalized spacial score (nSPS) is 10.1. The van der Waals surface area contributed by atoms with Crippen molar-refractivity contribution in [3.05, 3.63) is 59.1 Å². The van der Waals surface area contributed by atoms with Crippen LogP contribution in [0, 0.1) is 0 Å². The molecule has 0 aromatic heterocycles. The Kier molecular flexibility index (Phi) is 3.62. The Bertz CT molecular complexity index is 453. The molecule has 0 bridgehead atoms. The van der Waals surface area contributed by atoms with Crippen molar-refractivity contribution in [3.8, 4) is 0 Å². The number of hydrogen-bond acceptors (Lipinski definition) is 1. The van der Waals surface area contributed by atoms with Gasteiger partial charge in [0.15, 0.2) is 0 Å². The molecule has 2 rings (SSSR count). The number of nitrogens with zero attached hydrogens (tertiary/aromatic N) is 1. The summed E-state index contributed by atoms with van der Waals surface area (Å²) in [4.78, 5) is 2.28. The van der Waals surface area contributed by atoms with Crippen molar-refractivity contribution >= 4 is 27.3 Å². The first-order valence-electron chi connectivity index (χ1n) is 5.39. The standard InChI is InChI=1S/C14H14BrN/c1-2-16(13-8-4-3-5-9-13)14-10-6-7-12(15)11-14/h3-11H,2H2,1H3. The molecule has 0 amide bonds. The average molecular weight is 276 g/mol. The highest BCUT2D eigenvalue weighted by molar-refractivity contribution is 9.10. The molecule has 0 aliphatic heterocycles. The molecule has 0 aliphatic rings. The summed E-state index contributed by atoms with van der Waals surface area (Å²) in [6, 6.07) is 18.8. The second-order valence-electron chi connectivity index (χ2n) is 3.56. The fraction of sp³-hybridized carbons (Fsp3) is 0.143. The summed E-state index contributed by atoms with van der Waals surface area (Å²) >= 11 is 3.51. The van der Waals surface area contributed by atoms with Crippen molar-refractivity contribution in [1.29, 1.82) is 0 Å². The van der Waals surface area contributed by atoms with Crippen LogP contribution < -0.4 is 4.90 Å². The van der Waals surface area contributed by atoms with Crippen LogP contribution in [-0.4, -0.2) is 6.54 Å². The van der Waals surface area contributed by atoms with E-state index in [2.05, 4.69) is 70.2 Å². The van der Waals surface area contributed by atoms with Crippen LogP contribution in [0.1, 0.15) is 6.92 Å². The third-order valence-electron chi connectivity index (χ3n) is 2.50. The van der Waals surface area contributed by atoms with Gasteiger partial charge in [0.2, 0.25) is 0 Å². The number of benzene rings is 2. The van der Waals surface area contributed by atoms with Crippen LogP contribution in [0.3, 0.4) is 0 Å². The lowest BCUT2D eigenvalue weighted by molar-refractivity contribution is 1.02. The van der Waals surface area contributed by atoms with Gasteiger partial charge < -0.3 is 4.90 Å². The first kappa shape index (κ1) is 11.2. The monoisotopic (exact) mass is 275 g/mol. The zero-order valence-electron chi connectivity index (χ0n) is 9.23. The molecule has 0 aliphatic carbocycles. The predicted molar refractivity (Wildman–Crippen MR) is 73.3 cm³/mol. The first-order chi connectivity index (χ1) is 7.81. The van der Waals surface area contributed by atoms with Gasteiger partial charge in [0.25, 0.3) is 0 Å². The Morgan fingerprint density at radius 2 is 1.62 bits per heavy atom. The summed E-state index contributed by atoms with van der Waals surface area (Å²) in [6.07, 6.45) is 0. The van der Waals surface area contributed by atoms with Crippen LogP contribution in [0.4, 0.5) is 11.4 Å². The van der Waals surface area contributed by atoms with Gasteiger partial charge >= 0.3 is 0 Å². The summed E-state index contributed by atoms with van der Waals surface area (Å²) in [5.74, 6) is 0. The quantitative estimate of drug-likeness (QED) is 0.791. The maximum absolute atomic E-state index is 3.51. The van der Waals surface area contributed by atoms with Gasteiger partial charge in [0.05, 0.1) is 0 Å². The van der Waals surface area contributed by atoms with E-state index in [0.717, 1.165) is 11.0 Å². The van der Waals surface area contributed by atoms with Gasteiger partial charge in [-0.2, -0.15) is 0 Å². The third kappa shape index (κ3) is 2.45. The van der Waals surface area contributed by atoms with E-state index < -0.39 is 0 Å². The predicted octanol–water partition coefficient (Wildman–Crippen LogP) is 4.61. The van der Waals surface area contributed by atoms with E-state index in [1.807, 2.05) is 12.1 Å². The maximum Gasteiger partial charge on any atom is 0.0421 e. The molecule has 16 heavy (non-hydrogen) atoms. The molecular formula is C14H14BrN. The Labute approximate surface area is 105 Å². The fourth-order valence-electron chi connectivity index (χ4n) is 1.77. The summed E-state index contributed by atoms with van der Waals surface area (Å²) in [5.41, 5.74) is 2.44. The SMILES string of the molecule is CCN(c1ccccc1)c1cccc(Br)c1. The van der Waals surface area contributed by atoms with Gasteiger partial charge in [0.1, 0.15) is 0 Å². The zero-order valence-corrected chi connectivity index (χ0v) is 10.8. The first-order valence-corrected chi connectivity index (χ1v) is 6.18. The molecule has 0 atom stereocenters. The van der Waals surface area contributed by atoms with Crippen LogP contribution in [0.25, 0.3) is 0 Å². The number of anilines is 2. The number of halogens is 1. The van der Waals surface area contributed by atoms with E-state index in [0.29, 0.717) is 0 Å². The molecule has 0 N–H and O–H groups in total. The van der Waals surface area contributed by atoms with E-state index in [1.165, 1.54) is 11.4 Å². The van der Waals surface area contributed by atoms with Crippen LogP contribution in [0.5, 0.6) is 0 Å². The van der Waals surface area contributed by atoms with Crippen LogP contribution in [0.15, 0.2) is 59.1 Å². The summed E-state index contributed by atoms with van der Waals surface area (Å²) < 4.78 is 1.11. The van der Waals surface area contributed by atoms with Crippen LogP contribution >= 0.6 is 15.9 Å². The second kappa shape index (κ2) is 5.17. The smallest absolute Gasteiger partial charge is 0.0421 e. The highest BCUT2D eigenvalue weighted by Crippen LogP contribution is 2.26. The molecule has 0 heterocycles. The van der Waals surface area contributed by atoms with Crippen molar-refractivity contribution in [2.24, 2.45) is 0 Å². The highest BCUT2D eigenvalue weighted by atomic mass is 79.9. The van der Waals surface area contributed by atoms with E-state index in [-0.39, 0.29) is 0 Å². The van der Waals surface area contributed by atoms with E-state index in [9.17, 15) is 0 Å². The Hall–Kier alpha value is -1.28. The van der Waals surface area contributed by atoms with Crippen LogP contribution in [-0.2, 0) is 0 Å². The van der Waals surface area contributed by atoms with E-state index >= 15 is 0 Å². The molecule has 1 nitrogen and oxygen atoms in total. The van der Waals surface area contributed by atoms with Gasteiger partial charge in [-0.25, -0.2) is 0 Å². The molecule has 0 spiro atoms. The molecule has 0 saturated carbocycles. The van der Waals surface area contributed by atoms with Crippen LogP contribution in [0.2, 0.25) is 0 Å². The van der Waals surface area contributed by atoms with E-state index in [4.69, 9.17) is 0 Å². The molecule has 2 aromatic carbocycles. The Morgan fingerprint density at radius 3 is 2.25 bits per heavy atom. The summed E-state index contributed by atoms with van der Waals surface area (Å²) in [7, 11) is 0. The Morgan fingerprint density at radius 1 is 0.938 bits per heavy atom. The van der Waals surface area contributed by atoms with Gasteiger partial charge in [0, 0.05) is 22.4 Å². The van der Waals surface area contributed by atoms with Gasteiger partial charge in [-0.3, -0.25) is 0 Å². The summed E-state index contributed by atoms with van der Waals surface area (Å²) in [5, 5.41) is 0. The molecule has 0 fully saturated rings. The van der Waals surface area contributed by atoms with Crippen molar-refractivity contribution in [2.75, 3.05) is 11.4 Å². The lowest BCUT2D eigenvalue weighted by Crippen LogP contribution is -2.15. The number of para-hydroxylation sites is 1. The average Bonchev–Trinajstić information content (AvgIpc) is 2.31. The molecular weight excluding hydrogens is 262 g/mol. The lowest BCUT2D eigenvalue weighted by atomic mass is 10.2. The maximum atomic E-state index is 3.51. The van der Waals surface area contributed by atoms with Crippen molar-refractivity contribution in [2.45, 2.75) is 6.92 Å². The molecule has 0 radical (unpaired) electrons. The molecule has 2 heteroatoms. The van der Waals surface area contributed by atoms with Crippen molar-refractivity contribution in [1.82, 2.24) is 0 Å². The minimum atomic E-state index is 0.959. The molecule has 0 saturated heterocycles. The molecule has 2 aromatic rings.